The summed E-state index contributed by atoms with van der Waals surface area (Å²) in [6.07, 6.45) is 1.87. The molecule has 0 unspecified atom stereocenters. The van der Waals surface area contributed by atoms with Gasteiger partial charge >= 0.3 is 0 Å². The SMILES string of the molecule is Cl.O=C(Nc1ccc2c(c1)CCCN2)c1ccc(F)c(F)c1F. The van der Waals surface area contributed by atoms with E-state index in [1.54, 1.807) is 12.1 Å². The number of anilines is 2. The van der Waals surface area contributed by atoms with Crippen LogP contribution in [-0.2, 0) is 6.42 Å². The fraction of sp³-hybridized carbons (Fsp3) is 0.188. The molecule has 0 radical (unpaired) electrons. The van der Waals surface area contributed by atoms with E-state index in [0.29, 0.717) is 5.69 Å². The van der Waals surface area contributed by atoms with Gasteiger partial charge in [0.05, 0.1) is 5.56 Å². The quantitative estimate of drug-likeness (QED) is 0.805. The third-order valence-corrected chi connectivity index (χ3v) is 3.58. The van der Waals surface area contributed by atoms with Crippen molar-refractivity contribution in [3.8, 4) is 0 Å². The van der Waals surface area contributed by atoms with Crippen LogP contribution in [-0.4, -0.2) is 12.5 Å². The molecule has 0 bridgehead atoms. The molecule has 1 aliphatic heterocycles. The molecule has 2 aromatic carbocycles. The van der Waals surface area contributed by atoms with Crippen LogP contribution in [0.4, 0.5) is 24.5 Å². The second-order valence-electron chi connectivity index (χ2n) is 5.08. The van der Waals surface area contributed by atoms with Gasteiger partial charge in [0.15, 0.2) is 17.5 Å². The Hall–Kier alpha value is -2.21. The van der Waals surface area contributed by atoms with Crippen LogP contribution in [0.15, 0.2) is 30.3 Å². The Labute approximate surface area is 137 Å². The van der Waals surface area contributed by atoms with Crippen molar-refractivity contribution in [2.45, 2.75) is 12.8 Å². The zero-order valence-corrected chi connectivity index (χ0v) is 12.8. The standard InChI is InChI=1S/C16H13F3N2O.ClH/c17-12-5-4-11(14(18)15(12)19)16(22)21-10-3-6-13-9(8-10)2-1-7-20-13;/h3-6,8,20H,1-2,7H2,(H,21,22);1H. The molecule has 122 valence electrons. The first-order valence-corrected chi connectivity index (χ1v) is 6.88. The molecule has 1 amide bonds. The molecular weight excluding hydrogens is 329 g/mol. The number of carbonyl (C=O) groups excluding carboxylic acids is 1. The first kappa shape index (κ1) is 17.1. The van der Waals surface area contributed by atoms with Crippen molar-refractivity contribution < 1.29 is 18.0 Å². The summed E-state index contributed by atoms with van der Waals surface area (Å²) in [6, 6.07) is 6.93. The largest absolute Gasteiger partial charge is 0.385 e. The summed E-state index contributed by atoms with van der Waals surface area (Å²) >= 11 is 0. The Bertz CT molecular complexity index is 752. The topological polar surface area (TPSA) is 41.1 Å². The molecule has 7 heteroatoms. The van der Waals surface area contributed by atoms with Crippen LogP contribution in [0.2, 0.25) is 0 Å². The number of carbonyl (C=O) groups is 1. The van der Waals surface area contributed by atoms with Crippen molar-refractivity contribution in [3.63, 3.8) is 0 Å². The van der Waals surface area contributed by atoms with Crippen LogP contribution >= 0.6 is 12.4 Å². The first-order chi connectivity index (χ1) is 10.6. The highest BCUT2D eigenvalue weighted by Crippen LogP contribution is 2.25. The summed E-state index contributed by atoms with van der Waals surface area (Å²) in [5, 5.41) is 5.73. The van der Waals surface area contributed by atoms with Crippen molar-refractivity contribution >= 4 is 29.7 Å². The molecule has 23 heavy (non-hydrogen) atoms. The number of benzene rings is 2. The highest BCUT2D eigenvalue weighted by atomic mass is 35.5. The van der Waals surface area contributed by atoms with Gasteiger partial charge in [0.1, 0.15) is 0 Å². The van der Waals surface area contributed by atoms with Crippen molar-refractivity contribution in [2.24, 2.45) is 0 Å². The fourth-order valence-corrected chi connectivity index (χ4v) is 2.45. The highest BCUT2D eigenvalue weighted by Gasteiger charge is 2.19. The molecule has 3 rings (SSSR count). The van der Waals surface area contributed by atoms with Crippen molar-refractivity contribution in [1.29, 1.82) is 0 Å². The minimum atomic E-state index is -1.65. The summed E-state index contributed by atoms with van der Waals surface area (Å²) in [5.74, 6) is -5.28. The number of hydrogen-bond donors (Lipinski definition) is 2. The summed E-state index contributed by atoms with van der Waals surface area (Å²) < 4.78 is 39.7. The van der Waals surface area contributed by atoms with Crippen LogP contribution in [0.1, 0.15) is 22.3 Å². The Morgan fingerprint density at radius 2 is 1.87 bits per heavy atom. The third-order valence-electron chi connectivity index (χ3n) is 3.58. The zero-order valence-electron chi connectivity index (χ0n) is 12.0. The van der Waals surface area contributed by atoms with E-state index in [0.717, 1.165) is 42.8 Å². The predicted octanol–water partition coefficient (Wildman–Crippen LogP) is 4.14. The molecular formula is C16H14ClF3N2O. The van der Waals surface area contributed by atoms with Gasteiger partial charge in [-0.25, -0.2) is 13.2 Å². The Kier molecular flexibility index (Phi) is 5.15. The summed E-state index contributed by atoms with van der Waals surface area (Å²) in [4.78, 5) is 12.0. The lowest BCUT2D eigenvalue weighted by atomic mass is 10.0. The second-order valence-corrected chi connectivity index (χ2v) is 5.08. The molecule has 2 N–H and O–H groups in total. The van der Waals surface area contributed by atoms with Gasteiger partial charge in [0.2, 0.25) is 0 Å². The number of hydrogen-bond acceptors (Lipinski definition) is 2. The monoisotopic (exact) mass is 342 g/mol. The molecule has 1 heterocycles. The molecule has 0 spiro atoms. The van der Waals surface area contributed by atoms with Crippen LogP contribution in [0.5, 0.6) is 0 Å². The maximum Gasteiger partial charge on any atom is 0.258 e. The molecule has 0 aromatic heterocycles. The van der Waals surface area contributed by atoms with Crippen molar-refractivity contribution in [1.82, 2.24) is 0 Å². The van der Waals surface area contributed by atoms with Crippen LogP contribution in [0, 0.1) is 17.5 Å². The van der Waals surface area contributed by atoms with Gasteiger partial charge in [-0.15, -0.1) is 12.4 Å². The Morgan fingerprint density at radius 3 is 2.65 bits per heavy atom. The number of rotatable bonds is 2. The molecule has 0 saturated carbocycles. The van der Waals surface area contributed by atoms with Gasteiger partial charge < -0.3 is 10.6 Å². The summed E-state index contributed by atoms with van der Waals surface area (Å²) in [5.41, 5.74) is 2.00. The van der Waals surface area contributed by atoms with Crippen molar-refractivity contribution in [2.75, 3.05) is 17.2 Å². The molecule has 0 saturated heterocycles. The number of aryl methyl sites for hydroxylation is 1. The molecule has 0 aliphatic carbocycles. The second kappa shape index (κ2) is 6.91. The van der Waals surface area contributed by atoms with Gasteiger partial charge in [0.25, 0.3) is 5.91 Å². The lowest BCUT2D eigenvalue weighted by molar-refractivity contribution is 0.102. The maximum absolute atomic E-state index is 13.6. The Balaban J connectivity index is 0.00000192. The summed E-state index contributed by atoms with van der Waals surface area (Å²) in [6.45, 7) is 0.902. The number of halogens is 4. The average Bonchev–Trinajstić information content (AvgIpc) is 2.52. The van der Waals surface area contributed by atoms with Gasteiger partial charge in [-0.2, -0.15) is 0 Å². The van der Waals surface area contributed by atoms with Crippen LogP contribution < -0.4 is 10.6 Å². The van der Waals surface area contributed by atoms with Crippen molar-refractivity contribution in [3.05, 3.63) is 58.9 Å². The van der Waals surface area contributed by atoms with E-state index in [4.69, 9.17) is 0 Å². The minimum absolute atomic E-state index is 0. The van der Waals surface area contributed by atoms with E-state index >= 15 is 0 Å². The number of amides is 1. The fourth-order valence-electron chi connectivity index (χ4n) is 2.45. The van der Waals surface area contributed by atoms with Crippen LogP contribution in [0.25, 0.3) is 0 Å². The molecule has 0 atom stereocenters. The molecule has 1 aliphatic rings. The first-order valence-electron chi connectivity index (χ1n) is 6.88. The van der Waals surface area contributed by atoms with Gasteiger partial charge in [-0.1, -0.05) is 0 Å². The van der Waals surface area contributed by atoms with Crippen LogP contribution in [0.3, 0.4) is 0 Å². The maximum atomic E-state index is 13.6. The van der Waals surface area contributed by atoms with Gasteiger partial charge in [-0.3, -0.25) is 4.79 Å². The normalized spacial score (nSPS) is 12.7. The summed E-state index contributed by atoms with van der Waals surface area (Å²) in [7, 11) is 0. The minimum Gasteiger partial charge on any atom is -0.385 e. The third kappa shape index (κ3) is 3.42. The number of nitrogens with one attached hydrogen (secondary N) is 2. The predicted molar refractivity (Wildman–Crippen MR) is 84.8 cm³/mol. The lowest BCUT2D eigenvalue weighted by Crippen LogP contribution is -2.16. The van der Waals surface area contributed by atoms with E-state index in [-0.39, 0.29) is 12.4 Å². The lowest BCUT2D eigenvalue weighted by Gasteiger charge is -2.18. The van der Waals surface area contributed by atoms with E-state index in [9.17, 15) is 18.0 Å². The molecule has 3 nitrogen and oxygen atoms in total. The van der Waals surface area contributed by atoms with E-state index in [2.05, 4.69) is 10.6 Å². The Morgan fingerprint density at radius 1 is 1.09 bits per heavy atom. The van der Waals surface area contributed by atoms with E-state index < -0.39 is 28.9 Å². The van der Waals surface area contributed by atoms with Gasteiger partial charge in [0, 0.05) is 17.9 Å². The zero-order chi connectivity index (χ0) is 15.7. The number of fused-ring (bicyclic) bond motifs is 1. The van der Waals surface area contributed by atoms with Gasteiger partial charge in [-0.05, 0) is 48.7 Å². The molecule has 0 fully saturated rings. The molecule has 2 aromatic rings. The van der Waals surface area contributed by atoms with E-state index in [1.807, 2.05) is 6.07 Å². The van der Waals surface area contributed by atoms with E-state index in [1.165, 1.54) is 0 Å². The average molecular weight is 343 g/mol. The smallest absolute Gasteiger partial charge is 0.258 e. The highest BCUT2D eigenvalue weighted by molar-refractivity contribution is 6.04.